The smallest absolute Gasteiger partial charge is 0.139 e. The van der Waals surface area contributed by atoms with Gasteiger partial charge in [-0.05, 0) is 42.8 Å². The summed E-state index contributed by atoms with van der Waals surface area (Å²) in [4.78, 5) is 13.0. The number of imidazole rings is 1. The Morgan fingerprint density at radius 3 is 2.37 bits per heavy atom. The predicted octanol–water partition coefficient (Wildman–Crippen LogP) is 5.77. The Balaban J connectivity index is 1.29. The first-order chi connectivity index (χ1) is 14.7. The molecule has 1 N–H and O–H groups in total. The minimum atomic E-state index is 0.437. The number of rotatable bonds is 4. The van der Waals surface area contributed by atoms with E-state index < -0.39 is 0 Å². The molecule has 0 amide bonds. The highest BCUT2D eigenvalue weighted by atomic mass is 35.5. The number of aromatic amines is 1. The molecule has 4 aromatic rings. The van der Waals surface area contributed by atoms with Crippen LogP contribution in [0.4, 0.5) is 5.69 Å². The van der Waals surface area contributed by atoms with Gasteiger partial charge in [-0.25, -0.2) is 4.98 Å². The van der Waals surface area contributed by atoms with E-state index in [2.05, 4.69) is 75.2 Å². The minimum Gasteiger partial charge on any atom is -0.369 e. The Morgan fingerprint density at radius 1 is 0.900 bits per heavy atom. The van der Waals surface area contributed by atoms with Crippen molar-refractivity contribution in [3.8, 4) is 11.4 Å². The van der Waals surface area contributed by atoms with Crippen LogP contribution in [-0.4, -0.2) is 41.0 Å². The molecular formula is C25H25ClN4. The standard InChI is InChI=1S/C25H25ClN4/c1-18(19-7-3-2-4-8-19)29-13-15-30(16-14-29)20-11-12-21(22(26)17-20)25-27-23-9-5-6-10-24(23)28-25/h2-12,17-18H,13-16H2,1H3,(H,27,28). The molecule has 5 rings (SSSR count). The molecule has 30 heavy (non-hydrogen) atoms. The average molecular weight is 417 g/mol. The Bertz CT molecular complexity index is 1110. The predicted molar refractivity (Wildman–Crippen MR) is 125 cm³/mol. The molecule has 1 fully saturated rings. The molecule has 5 heteroatoms. The fraction of sp³-hybridized carbons (Fsp3) is 0.240. The lowest BCUT2D eigenvalue weighted by atomic mass is 10.1. The lowest BCUT2D eigenvalue weighted by Crippen LogP contribution is -2.47. The zero-order chi connectivity index (χ0) is 20.5. The number of aromatic nitrogens is 2. The van der Waals surface area contributed by atoms with E-state index in [1.165, 1.54) is 11.3 Å². The Labute approximate surface area is 182 Å². The molecule has 1 unspecified atom stereocenters. The van der Waals surface area contributed by atoms with Gasteiger partial charge in [0.25, 0.3) is 0 Å². The van der Waals surface area contributed by atoms with Gasteiger partial charge < -0.3 is 9.88 Å². The van der Waals surface area contributed by atoms with E-state index in [9.17, 15) is 0 Å². The molecule has 1 aliphatic rings. The maximum absolute atomic E-state index is 6.67. The third-order valence-corrected chi connectivity index (χ3v) is 6.42. The summed E-state index contributed by atoms with van der Waals surface area (Å²) in [6.45, 7) is 6.37. The van der Waals surface area contributed by atoms with Crippen molar-refractivity contribution in [3.05, 3.63) is 83.4 Å². The van der Waals surface area contributed by atoms with E-state index in [0.717, 1.165) is 53.6 Å². The highest BCUT2D eigenvalue weighted by Gasteiger charge is 2.22. The van der Waals surface area contributed by atoms with Crippen LogP contribution in [-0.2, 0) is 0 Å². The van der Waals surface area contributed by atoms with Gasteiger partial charge in [-0.2, -0.15) is 0 Å². The van der Waals surface area contributed by atoms with Crippen molar-refractivity contribution < 1.29 is 0 Å². The highest BCUT2D eigenvalue weighted by molar-refractivity contribution is 6.33. The summed E-state index contributed by atoms with van der Waals surface area (Å²) in [5, 5.41) is 0.728. The summed E-state index contributed by atoms with van der Waals surface area (Å²) in [5.41, 5.74) is 5.47. The maximum Gasteiger partial charge on any atom is 0.139 e. The van der Waals surface area contributed by atoms with Gasteiger partial charge in [0.2, 0.25) is 0 Å². The van der Waals surface area contributed by atoms with Crippen molar-refractivity contribution in [1.29, 1.82) is 0 Å². The molecule has 0 aliphatic carbocycles. The van der Waals surface area contributed by atoms with Crippen LogP contribution in [0.5, 0.6) is 0 Å². The molecule has 0 radical (unpaired) electrons. The molecule has 0 saturated carbocycles. The Kier molecular flexibility index (Phi) is 5.19. The second-order valence-electron chi connectivity index (χ2n) is 7.88. The van der Waals surface area contributed by atoms with E-state index in [-0.39, 0.29) is 0 Å². The van der Waals surface area contributed by atoms with Crippen LogP contribution in [0.25, 0.3) is 22.4 Å². The number of piperazine rings is 1. The highest BCUT2D eigenvalue weighted by Crippen LogP contribution is 2.32. The number of hydrogen-bond acceptors (Lipinski definition) is 3. The summed E-state index contributed by atoms with van der Waals surface area (Å²) >= 11 is 6.67. The quantitative estimate of drug-likeness (QED) is 0.459. The number of halogens is 1. The van der Waals surface area contributed by atoms with Gasteiger partial charge in [0.05, 0.1) is 16.1 Å². The van der Waals surface area contributed by atoms with E-state index in [0.29, 0.717) is 6.04 Å². The van der Waals surface area contributed by atoms with Crippen LogP contribution in [0.1, 0.15) is 18.5 Å². The summed E-state index contributed by atoms with van der Waals surface area (Å²) in [7, 11) is 0. The minimum absolute atomic E-state index is 0.437. The van der Waals surface area contributed by atoms with Gasteiger partial charge in [0.1, 0.15) is 5.82 Å². The molecule has 0 spiro atoms. The number of benzene rings is 3. The second kappa shape index (κ2) is 8.13. The number of para-hydroxylation sites is 2. The molecule has 1 saturated heterocycles. The van der Waals surface area contributed by atoms with Crippen molar-refractivity contribution in [2.75, 3.05) is 31.1 Å². The summed E-state index contributed by atoms with van der Waals surface area (Å²) in [6, 6.07) is 25.5. The van der Waals surface area contributed by atoms with Crippen molar-refractivity contribution in [2.45, 2.75) is 13.0 Å². The molecular weight excluding hydrogens is 392 g/mol. The van der Waals surface area contributed by atoms with Crippen molar-refractivity contribution in [3.63, 3.8) is 0 Å². The molecule has 0 bridgehead atoms. The van der Waals surface area contributed by atoms with Crippen LogP contribution in [0.15, 0.2) is 72.8 Å². The third kappa shape index (κ3) is 3.69. The monoisotopic (exact) mass is 416 g/mol. The number of fused-ring (bicyclic) bond motifs is 1. The largest absolute Gasteiger partial charge is 0.369 e. The van der Waals surface area contributed by atoms with E-state index in [4.69, 9.17) is 11.6 Å². The Morgan fingerprint density at radius 2 is 1.63 bits per heavy atom. The van der Waals surface area contributed by atoms with Crippen LogP contribution in [0, 0.1) is 0 Å². The number of H-pyrrole nitrogens is 1. The fourth-order valence-electron chi connectivity index (χ4n) is 4.28. The first-order valence-electron chi connectivity index (χ1n) is 10.5. The molecule has 1 aromatic heterocycles. The number of nitrogens with zero attached hydrogens (tertiary/aromatic N) is 3. The van der Waals surface area contributed by atoms with Gasteiger partial charge in [-0.15, -0.1) is 0 Å². The number of nitrogens with one attached hydrogen (secondary N) is 1. The molecule has 152 valence electrons. The first kappa shape index (κ1) is 19.2. The number of anilines is 1. The van der Waals surface area contributed by atoms with Crippen molar-refractivity contribution >= 4 is 28.3 Å². The molecule has 4 nitrogen and oxygen atoms in total. The van der Waals surface area contributed by atoms with Gasteiger partial charge in [-0.3, -0.25) is 4.90 Å². The van der Waals surface area contributed by atoms with E-state index in [1.807, 2.05) is 24.3 Å². The van der Waals surface area contributed by atoms with Crippen molar-refractivity contribution in [1.82, 2.24) is 14.9 Å². The molecule has 2 heterocycles. The molecule has 1 aliphatic heterocycles. The van der Waals surface area contributed by atoms with Gasteiger partial charge >= 0.3 is 0 Å². The summed E-state index contributed by atoms with van der Waals surface area (Å²) in [5.74, 6) is 0.814. The Hall–Kier alpha value is -2.82. The maximum atomic E-state index is 6.67. The first-order valence-corrected chi connectivity index (χ1v) is 10.9. The van der Waals surface area contributed by atoms with Crippen LogP contribution >= 0.6 is 11.6 Å². The van der Waals surface area contributed by atoms with Gasteiger partial charge in [-0.1, -0.05) is 54.1 Å². The normalized spacial score (nSPS) is 16.1. The topological polar surface area (TPSA) is 35.2 Å². The average Bonchev–Trinajstić information content (AvgIpc) is 3.23. The van der Waals surface area contributed by atoms with Crippen molar-refractivity contribution in [2.24, 2.45) is 0 Å². The molecule has 1 atom stereocenters. The van der Waals surface area contributed by atoms with Crippen LogP contribution < -0.4 is 4.90 Å². The van der Waals surface area contributed by atoms with E-state index in [1.54, 1.807) is 0 Å². The van der Waals surface area contributed by atoms with Crippen LogP contribution in [0.3, 0.4) is 0 Å². The zero-order valence-corrected chi connectivity index (χ0v) is 17.8. The van der Waals surface area contributed by atoms with E-state index >= 15 is 0 Å². The second-order valence-corrected chi connectivity index (χ2v) is 8.28. The van der Waals surface area contributed by atoms with Gasteiger partial charge in [0.15, 0.2) is 0 Å². The van der Waals surface area contributed by atoms with Crippen LogP contribution in [0.2, 0.25) is 5.02 Å². The lowest BCUT2D eigenvalue weighted by molar-refractivity contribution is 0.198. The fourth-order valence-corrected chi connectivity index (χ4v) is 4.55. The molecule has 3 aromatic carbocycles. The third-order valence-electron chi connectivity index (χ3n) is 6.11. The number of hydrogen-bond donors (Lipinski definition) is 1. The SMILES string of the molecule is CC(c1ccccc1)N1CCN(c2ccc(-c3nc4ccccc4[nH]3)c(Cl)c2)CC1. The van der Waals surface area contributed by atoms with Gasteiger partial charge in [0, 0.05) is 43.5 Å². The zero-order valence-electron chi connectivity index (χ0n) is 17.1. The lowest BCUT2D eigenvalue weighted by Gasteiger charge is -2.39. The summed E-state index contributed by atoms with van der Waals surface area (Å²) in [6.07, 6.45) is 0. The summed E-state index contributed by atoms with van der Waals surface area (Å²) < 4.78 is 0.